The molecule has 64 valence electrons. The predicted octanol–water partition coefficient (Wildman–Crippen LogP) is 1.79. The summed E-state index contributed by atoms with van der Waals surface area (Å²) in [6, 6.07) is 0. The van der Waals surface area contributed by atoms with Crippen LogP contribution < -0.4 is 0 Å². The van der Waals surface area contributed by atoms with E-state index < -0.39 is 0 Å². The van der Waals surface area contributed by atoms with E-state index in [0.717, 1.165) is 25.0 Å². The van der Waals surface area contributed by atoms with Gasteiger partial charge in [0.1, 0.15) is 0 Å². The molecule has 11 heavy (non-hydrogen) atoms. The number of hydrogen-bond acceptors (Lipinski definition) is 3. The molecule has 0 aromatic rings. The first-order valence-corrected chi connectivity index (χ1v) is 4.11. The second-order valence-corrected chi connectivity index (χ2v) is 3.05. The minimum Gasteiger partial charge on any atom is -0.411 e. The minimum absolute atomic E-state index is 0.208. The lowest BCUT2D eigenvalue weighted by Gasteiger charge is -2.27. The molecule has 1 aliphatic rings. The monoisotopic (exact) mass is 157 g/mol. The lowest BCUT2D eigenvalue weighted by atomic mass is 10.0. The molecule has 0 amide bonds. The zero-order valence-electron chi connectivity index (χ0n) is 7.08. The molecule has 0 aliphatic carbocycles. The van der Waals surface area contributed by atoms with Crippen molar-refractivity contribution in [3.63, 3.8) is 0 Å². The molecule has 1 N–H and O–H groups in total. The number of nitrogens with zero attached hydrogens (tertiary/aromatic N) is 1. The van der Waals surface area contributed by atoms with Gasteiger partial charge in [-0.3, -0.25) is 0 Å². The Morgan fingerprint density at radius 2 is 2.36 bits per heavy atom. The molecule has 1 heterocycles. The Bertz CT molecular complexity index is 156. The molecule has 0 saturated carbocycles. The van der Waals surface area contributed by atoms with Gasteiger partial charge < -0.3 is 9.94 Å². The third-order valence-electron chi connectivity index (χ3n) is 2.01. The third-order valence-corrected chi connectivity index (χ3v) is 2.01. The summed E-state index contributed by atoms with van der Waals surface area (Å²) in [6.07, 6.45) is 3.01. The average molecular weight is 157 g/mol. The van der Waals surface area contributed by atoms with Crippen LogP contribution in [0, 0.1) is 0 Å². The second kappa shape index (κ2) is 3.72. The van der Waals surface area contributed by atoms with Crippen molar-refractivity contribution in [3.8, 4) is 0 Å². The molecule has 0 aromatic heterocycles. The fourth-order valence-electron chi connectivity index (χ4n) is 1.42. The standard InChI is InChI=1S/C8H15NO2/c1-3-8-5-7(9-10)4-6(2)11-8/h6,8,10H,3-5H2,1-2H3/b9-7-. The van der Waals surface area contributed by atoms with Gasteiger partial charge in [-0.1, -0.05) is 12.1 Å². The molecule has 0 aromatic carbocycles. The molecular formula is C8H15NO2. The van der Waals surface area contributed by atoms with Crippen molar-refractivity contribution >= 4 is 5.71 Å². The Balaban J connectivity index is 2.50. The van der Waals surface area contributed by atoms with E-state index in [4.69, 9.17) is 9.94 Å². The molecule has 3 nitrogen and oxygen atoms in total. The van der Waals surface area contributed by atoms with Crippen molar-refractivity contribution in [3.05, 3.63) is 0 Å². The summed E-state index contributed by atoms with van der Waals surface area (Å²) in [5.41, 5.74) is 0.871. The van der Waals surface area contributed by atoms with Crippen LogP contribution in [-0.2, 0) is 4.74 Å². The van der Waals surface area contributed by atoms with Gasteiger partial charge in [0.15, 0.2) is 0 Å². The van der Waals surface area contributed by atoms with Gasteiger partial charge in [0.25, 0.3) is 0 Å². The summed E-state index contributed by atoms with van der Waals surface area (Å²) in [5.74, 6) is 0. The van der Waals surface area contributed by atoms with Crippen molar-refractivity contribution in [1.82, 2.24) is 0 Å². The van der Waals surface area contributed by atoms with Crippen LogP contribution in [0.3, 0.4) is 0 Å². The minimum atomic E-state index is 0.208. The average Bonchev–Trinajstić information content (AvgIpc) is 2.03. The lowest BCUT2D eigenvalue weighted by molar-refractivity contribution is -0.00969. The van der Waals surface area contributed by atoms with Crippen LogP contribution in [0.2, 0.25) is 0 Å². The highest BCUT2D eigenvalue weighted by Crippen LogP contribution is 2.18. The van der Waals surface area contributed by atoms with Gasteiger partial charge in [-0.05, 0) is 13.3 Å². The summed E-state index contributed by atoms with van der Waals surface area (Å²) < 4.78 is 5.58. The number of ether oxygens (including phenoxy) is 1. The first kappa shape index (κ1) is 8.53. The fraction of sp³-hybridized carbons (Fsp3) is 0.875. The SMILES string of the molecule is CCC1C/C(=N\O)CC(C)O1. The second-order valence-electron chi connectivity index (χ2n) is 3.05. The summed E-state index contributed by atoms with van der Waals surface area (Å²) >= 11 is 0. The highest BCUT2D eigenvalue weighted by Gasteiger charge is 2.22. The van der Waals surface area contributed by atoms with Crippen LogP contribution in [0.4, 0.5) is 0 Å². The van der Waals surface area contributed by atoms with Crippen molar-refractivity contribution in [2.45, 2.75) is 45.3 Å². The van der Waals surface area contributed by atoms with Crippen molar-refractivity contribution < 1.29 is 9.94 Å². The van der Waals surface area contributed by atoms with Gasteiger partial charge in [-0.15, -0.1) is 0 Å². The van der Waals surface area contributed by atoms with Crippen molar-refractivity contribution in [1.29, 1.82) is 0 Å². The predicted molar refractivity (Wildman–Crippen MR) is 43.1 cm³/mol. The maximum absolute atomic E-state index is 8.55. The normalized spacial score (nSPS) is 36.0. The van der Waals surface area contributed by atoms with Crippen LogP contribution in [0.25, 0.3) is 0 Å². The third kappa shape index (κ3) is 2.19. The molecule has 1 aliphatic heterocycles. The lowest BCUT2D eigenvalue weighted by Crippen LogP contribution is -2.30. The van der Waals surface area contributed by atoms with E-state index >= 15 is 0 Å². The van der Waals surface area contributed by atoms with E-state index in [1.165, 1.54) is 0 Å². The zero-order valence-corrected chi connectivity index (χ0v) is 7.08. The van der Waals surface area contributed by atoms with E-state index in [1.54, 1.807) is 0 Å². The largest absolute Gasteiger partial charge is 0.411 e. The number of oxime groups is 1. The maximum Gasteiger partial charge on any atom is 0.0629 e. The summed E-state index contributed by atoms with van der Waals surface area (Å²) in [6.45, 7) is 4.09. The zero-order chi connectivity index (χ0) is 8.27. The fourth-order valence-corrected chi connectivity index (χ4v) is 1.42. The van der Waals surface area contributed by atoms with Crippen LogP contribution in [-0.4, -0.2) is 23.1 Å². The summed E-state index contributed by atoms with van der Waals surface area (Å²) in [5, 5.41) is 11.8. The summed E-state index contributed by atoms with van der Waals surface area (Å²) in [4.78, 5) is 0. The Labute approximate surface area is 67.0 Å². The molecule has 0 spiro atoms. The van der Waals surface area contributed by atoms with E-state index in [1.807, 2.05) is 6.92 Å². The van der Waals surface area contributed by atoms with Gasteiger partial charge >= 0.3 is 0 Å². The van der Waals surface area contributed by atoms with Gasteiger partial charge in [-0.25, -0.2) is 0 Å². The van der Waals surface area contributed by atoms with Gasteiger partial charge in [0.2, 0.25) is 0 Å². The first-order chi connectivity index (χ1) is 5.26. The Kier molecular flexibility index (Phi) is 2.88. The van der Waals surface area contributed by atoms with E-state index in [-0.39, 0.29) is 12.2 Å². The molecule has 0 radical (unpaired) electrons. The van der Waals surface area contributed by atoms with Crippen LogP contribution in [0.15, 0.2) is 5.16 Å². The topological polar surface area (TPSA) is 41.8 Å². The molecule has 1 fully saturated rings. The molecule has 1 rings (SSSR count). The van der Waals surface area contributed by atoms with E-state index in [0.29, 0.717) is 0 Å². The number of rotatable bonds is 1. The quantitative estimate of drug-likeness (QED) is 0.465. The van der Waals surface area contributed by atoms with Crippen LogP contribution in [0.1, 0.15) is 33.1 Å². The molecule has 2 atom stereocenters. The molecule has 1 saturated heterocycles. The van der Waals surface area contributed by atoms with Crippen LogP contribution in [0.5, 0.6) is 0 Å². The summed E-state index contributed by atoms with van der Waals surface area (Å²) in [7, 11) is 0. The highest BCUT2D eigenvalue weighted by molar-refractivity contribution is 5.85. The molecular weight excluding hydrogens is 142 g/mol. The maximum atomic E-state index is 8.55. The highest BCUT2D eigenvalue weighted by atomic mass is 16.5. The van der Waals surface area contributed by atoms with Crippen LogP contribution >= 0.6 is 0 Å². The van der Waals surface area contributed by atoms with E-state index in [2.05, 4.69) is 12.1 Å². The van der Waals surface area contributed by atoms with Crippen molar-refractivity contribution in [2.24, 2.45) is 5.16 Å². The van der Waals surface area contributed by atoms with Gasteiger partial charge in [0, 0.05) is 12.8 Å². The Morgan fingerprint density at radius 1 is 1.64 bits per heavy atom. The van der Waals surface area contributed by atoms with Crippen molar-refractivity contribution in [2.75, 3.05) is 0 Å². The van der Waals surface area contributed by atoms with E-state index in [9.17, 15) is 0 Å². The Hall–Kier alpha value is -0.570. The smallest absolute Gasteiger partial charge is 0.0629 e. The molecule has 2 unspecified atom stereocenters. The molecule has 0 bridgehead atoms. The number of hydrogen-bond donors (Lipinski definition) is 1. The molecule has 3 heteroatoms. The Morgan fingerprint density at radius 3 is 2.91 bits per heavy atom. The van der Waals surface area contributed by atoms with Gasteiger partial charge in [0.05, 0.1) is 17.9 Å². The van der Waals surface area contributed by atoms with Gasteiger partial charge in [-0.2, -0.15) is 0 Å². The first-order valence-electron chi connectivity index (χ1n) is 4.11.